The molecule has 18 heavy (non-hydrogen) atoms. The lowest BCUT2D eigenvalue weighted by atomic mass is 10.2. The summed E-state index contributed by atoms with van der Waals surface area (Å²) in [6, 6.07) is 7.08. The zero-order valence-electron chi connectivity index (χ0n) is 9.28. The monoisotopic (exact) mass is 259 g/mol. The van der Waals surface area contributed by atoms with Crippen LogP contribution in [0.1, 0.15) is 15.9 Å². The van der Waals surface area contributed by atoms with Gasteiger partial charge in [0.1, 0.15) is 5.52 Å². The maximum Gasteiger partial charge on any atom is 0.338 e. The van der Waals surface area contributed by atoms with Gasteiger partial charge in [-0.3, -0.25) is 0 Å². The highest BCUT2D eigenvalue weighted by molar-refractivity contribution is 7.07. The maximum atomic E-state index is 11.1. The Morgan fingerprint density at radius 2 is 2.28 bits per heavy atom. The number of carboxylic acids is 1. The van der Waals surface area contributed by atoms with E-state index in [4.69, 9.17) is 5.11 Å². The van der Waals surface area contributed by atoms with Gasteiger partial charge in [0.15, 0.2) is 0 Å². The summed E-state index contributed by atoms with van der Waals surface area (Å²) in [5, 5.41) is 21.1. The number of hydrogen-bond acceptors (Lipinski definition) is 4. The zero-order valence-corrected chi connectivity index (χ0v) is 10.1. The molecule has 0 saturated carbocycles. The van der Waals surface area contributed by atoms with Crippen LogP contribution in [0, 0.1) is 0 Å². The second-order valence-corrected chi connectivity index (χ2v) is 4.64. The first-order chi connectivity index (χ1) is 8.75. The summed E-state index contributed by atoms with van der Waals surface area (Å²) >= 11 is 1.62. The summed E-state index contributed by atoms with van der Waals surface area (Å²) in [5.74, 6) is -0.983. The molecule has 0 aliphatic rings. The van der Waals surface area contributed by atoms with E-state index in [1.807, 2.05) is 22.9 Å². The molecule has 0 aliphatic heterocycles. The van der Waals surface area contributed by atoms with Crippen molar-refractivity contribution in [3.05, 3.63) is 46.2 Å². The van der Waals surface area contributed by atoms with Gasteiger partial charge in [-0.05, 0) is 34.5 Å². The fraction of sp³-hybridized carbons (Fsp3) is 0.0833. The van der Waals surface area contributed by atoms with E-state index in [0.29, 0.717) is 12.1 Å². The van der Waals surface area contributed by atoms with Crippen LogP contribution in [0.4, 0.5) is 0 Å². The van der Waals surface area contributed by atoms with Gasteiger partial charge in [0.2, 0.25) is 0 Å². The lowest BCUT2D eigenvalue weighted by Gasteiger charge is -2.00. The third kappa shape index (κ3) is 1.76. The molecule has 90 valence electrons. The molecule has 0 aliphatic carbocycles. The molecule has 6 heteroatoms. The third-order valence-corrected chi connectivity index (χ3v) is 3.42. The first kappa shape index (κ1) is 10.9. The van der Waals surface area contributed by atoms with Crippen molar-refractivity contribution in [1.82, 2.24) is 15.0 Å². The van der Waals surface area contributed by atoms with Crippen molar-refractivity contribution in [3.8, 4) is 0 Å². The van der Waals surface area contributed by atoms with Gasteiger partial charge in [0, 0.05) is 0 Å². The molecular weight excluding hydrogens is 250 g/mol. The second-order valence-electron chi connectivity index (χ2n) is 3.86. The highest BCUT2D eigenvalue weighted by Crippen LogP contribution is 2.17. The first-order valence-electron chi connectivity index (χ1n) is 5.32. The molecule has 0 spiro atoms. The van der Waals surface area contributed by atoms with E-state index in [0.717, 1.165) is 11.1 Å². The van der Waals surface area contributed by atoms with Crippen molar-refractivity contribution in [2.75, 3.05) is 0 Å². The predicted molar refractivity (Wildman–Crippen MR) is 67.9 cm³/mol. The lowest BCUT2D eigenvalue weighted by molar-refractivity contribution is 0.0699. The number of fused-ring (bicyclic) bond motifs is 1. The summed E-state index contributed by atoms with van der Waals surface area (Å²) < 4.78 is 1.71. The van der Waals surface area contributed by atoms with E-state index in [1.54, 1.807) is 22.1 Å². The topological polar surface area (TPSA) is 68.0 Å². The van der Waals surface area contributed by atoms with Crippen LogP contribution in [0.25, 0.3) is 11.0 Å². The number of thiophene rings is 1. The average molecular weight is 259 g/mol. The van der Waals surface area contributed by atoms with Gasteiger partial charge in [-0.25, -0.2) is 9.48 Å². The quantitative estimate of drug-likeness (QED) is 0.783. The predicted octanol–water partition coefficient (Wildman–Crippen LogP) is 2.24. The van der Waals surface area contributed by atoms with Crippen LogP contribution in [0.3, 0.4) is 0 Å². The van der Waals surface area contributed by atoms with E-state index in [-0.39, 0.29) is 5.56 Å². The molecule has 1 aromatic carbocycles. The summed E-state index contributed by atoms with van der Waals surface area (Å²) in [6.45, 7) is 0.600. The normalized spacial score (nSPS) is 10.9. The molecule has 1 N–H and O–H groups in total. The average Bonchev–Trinajstić information content (AvgIpc) is 2.99. The molecule has 0 amide bonds. The van der Waals surface area contributed by atoms with Crippen LogP contribution in [0.15, 0.2) is 35.0 Å². The van der Waals surface area contributed by atoms with Crippen LogP contribution in [0.2, 0.25) is 0 Å². The molecule has 0 radical (unpaired) electrons. The molecule has 0 saturated heterocycles. The number of hydrogen-bond donors (Lipinski definition) is 1. The Morgan fingerprint density at radius 3 is 3.00 bits per heavy atom. The molecular formula is C12H9N3O2S. The molecule has 3 rings (SSSR count). The van der Waals surface area contributed by atoms with Gasteiger partial charge in [0.05, 0.1) is 17.6 Å². The number of carbonyl (C=O) groups is 1. The van der Waals surface area contributed by atoms with Crippen LogP contribution in [-0.4, -0.2) is 26.1 Å². The van der Waals surface area contributed by atoms with Crippen molar-refractivity contribution in [2.45, 2.75) is 6.54 Å². The second kappa shape index (κ2) is 4.23. The van der Waals surface area contributed by atoms with E-state index < -0.39 is 5.97 Å². The van der Waals surface area contributed by atoms with E-state index in [1.165, 1.54) is 6.07 Å². The number of aromatic nitrogens is 3. The van der Waals surface area contributed by atoms with Gasteiger partial charge in [0.25, 0.3) is 0 Å². The summed E-state index contributed by atoms with van der Waals surface area (Å²) in [7, 11) is 0. The minimum atomic E-state index is -0.983. The summed E-state index contributed by atoms with van der Waals surface area (Å²) in [5.41, 5.74) is 2.48. The zero-order chi connectivity index (χ0) is 12.5. The van der Waals surface area contributed by atoms with Crippen molar-refractivity contribution >= 4 is 28.3 Å². The summed E-state index contributed by atoms with van der Waals surface area (Å²) in [4.78, 5) is 11.1. The molecule has 2 aromatic heterocycles. The lowest BCUT2D eigenvalue weighted by Crippen LogP contribution is -2.01. The molecule has 0 bridgehead atoms. The molecule has 0 fully saturated rings. The molecule has 2 heterocycles. The van der Waals surface area contributed by atoms with Crippen LogP contribution in [0.5, 0.6) is 0 Å². The van der Waals surface area contributed by atoms with E-state index in [2.05, 4.69) is 10.3 Å². The van der Waals surface area contributed by atoms with Crippen LogP contribution in [-0.2, 0) is 6.54 Å². The number of carboxylic acid groups (broad SMARTS) is 1. The van der Waals surface area contributed by atoms with Gasteiger partial charge < -0.3 is 5.11 Å². The number of rotatable bonds is 3. The minimum Gasteiger partial charge on any atom is -0.478 e. The largest absolute Gasteiger partial charge is 0.478 e. The highest BCUT2D eigenvalue weighted by atomic mass is 32.1. The molecule has 5 nitrogen and oxygen atoms in total. The molecule has 0 unspecified atom stereocenters. The Kier molecular flexibility index (Phi) is 2.56. The number of aromatic carboxylic acids is 1. The SMILES string of the molecule is O=C(O)c1cccc2c1nnn2Cc1ccsc1. The van der Waals surface area contributed by atoms with E-state index in [9.17, 15) is 4.79 Å². The Labute approximate surface area is 106 Å². The van der Waals surface area contributed by atoms with Crippen LogP contribution >= 0.6 is 11.3 Å². The third-order valence-electron chi connectivity index (χ3n) is 2.69. The minimum absolute atomic E-state index is 0.184. The fourth-order valence-electron chi connectivity index (χ4n) is 1.84. The van der Waals surface area contributed by atoms with Gasteiger partial charge in [-0.1, -0.05) is 11.3 Å². The Morgan fingerprint density at radius 1 is 1.39 bits per heavy atom. The van der Waals surface area contributed by atoms with Gasteiger partial charge in [-0.15, -0.1) is 5.10 Å². The number of benzene rings is 1. The van der Waals surface area contributed by atoms with Gasteiger partial charge >= 0.3 is 5.97 Å². The standard InChI is InChI=1S/C12H9N3O2S/c16-12(17)9-2-1-3-10-11(9)13-14-15(10)6-8-4-5-18-7-8/h1-5,7H,6H2,(H,16,17). The fourth-order valence-corrected chi connectivity index (χ4v) is 2.50. The van der Waals surface area contributed by atoms with Crippen molar-refractivity contribution in [2.24, 2.45) is 0 Å². The van der Waals surface area contributed by atoms with E-state index >= 15 is 0 Å². The van der Waals surface area contributed by atoms with Crippen molar-refractivity contribution in [1.29, 1.82) is 0 Å². The van der Waals surface area contributed by atoms with Crippen LogP contribution < -0.4 is 0 Å². The molecule has 0 atom stereocenters. The Balaban J connectivity index is 2.09. The van der Waals surface area contributed by atoms with Crippen molar-refractivity contribution in [3.63, 3.8) is 0 Å². The number of nitrogens with zero attached hydrogens (tertiary/aromatic N) is 3. The van der Waals surface area contributed by atoms with Crippen molar-refractivity contribution < 1.29 is 9.90 Å². The maximum absolute atomic E-state index is 11.1. The van der Waals surface area contributed by atoms with Gasteiger partial charge in [-0.2, -0.15) is 11.3 Å². The molecule has 3 aromatic rings. The Bertz CT molecular complexity index is 703. The summed E-state index contributed by atoms with van der Waals surface area (Å²) in [6.07, 6.45) is 0. The first-order valence-corrected chi connectivity index (χ1v) is 6.26. The Hall–Kier alpha value is -2.21. The highest BCUT2D eigenvalue weighted by Gasteiger charge is 2.13. The smallest absolute Gasteiger partial charge is 0.338 e.